The molecule has 1 aromatic carbocycles. The largest absolute Gasteiger partial charge is 0.481 e. The van der Waals surface area contributed by atoms with Crippen LogP contribution in [0.3, 0.4) is 0 Å². The van der Waals surface area contributed by atoms with Gasteiger partial charge in [-0.3, -0.25) is 4.79 Å². The highest BCUT2D eigenvalue weighted by atomic mass is 19.1. The molecule has 1 aliphatic heterocycles. The second-order valence-corrected chi connectivity index (χ2v) is 5.08. The first-order valence-electron chi connectivity index (χ1n) is 6.47. The van der Waals surface area contributed by atoms with Gasteiger partial charge in [0.15, 0.2) is 5.82 Å². The monoisotopic (exact) mass is 275 g/mol. The maximum atomic E-state index is 13.4. The van der Waals surface area contributed by atoms with E-state index >= 15 is 0 Å². The molecule has 0 amide bonds. The fraction of sp³-hybridized carbons (Fsp3) is 0.357. The summed E-state index contributed by atoms with van der Waals surface area (Å²) in [4.78, 5) is 11.1. The lowest BCUT2D eigenvalue weighted by molar-refractivity contribution is -0.142. The average molecular weight is 275 g/mol. The van der Waals surface area contributed by atoms with Gasteiger partial charge in [0, 0.05) is 18.5 Å². The lowest BCUT2D eigenvalue weighted by Crippen LogP contribution is -2.27. The molecule has 1 unspecified atom stereocenters. The third-order valence-corrected chi connectivity index (χ3v) is 3.74. The number of halogens is 1. The molecule has 3 rings (SSSR count). The molecule has 1 aromatic heterocycles. The van der Waals surface area contributed by atoms with E-state index in [1.54, 1.807) is 10.6 Å². The van der Waals surface area contributed by atoms with E-state index < -0.39 is 11.9 Å². The fourth-order valence-corrected chi connectivity index (χ4v) is 2.56. The van der Waals surface area contributed by atoms with Gasteiger partial charge in [-0.2, -0.15) is 0 Å². The van der Waals surface area contributed by atoms with E-state index in [2.05, 4.69) is 10.2 Å². The number of aryl methyl sites for hydroxylation is 2. The molecule has 0 saturated carbocycles. The number of benzene rings is 1. The summed E-state index contributed by atoms with van der Waals surface area (Å²) >= 11 is 0. The number of hydrogen-bond donors (Lipinski definition) is 1. The van der Waals surface area contributed by atoms with Crippen LogP contribution >= 0.6 is 0 Å². The number of aromatic nitrogens is 3. The van der Waals surface area contributed by atoms with E-state index in [0.717, 1.165) is 11.4 Å². The lowest BCUT2D eigenvalue weighted by Gasteiger charge is -2.21. The van der Waals surface area contributed by atoms with Gasteiger partial charge in [-0.25, -0.2) is 4.39 Å². The van der Waals surface area contributed by atoms with Crippen LogP contribution in [0.4, 0.5) is 4.39 Å². The molecule has 0 aliphatic carbocycles. The topological polar surface area (TPSA) is 68.0 Å². The predicted molar refractivity (Wildman–Crippen MR) is 69.6 cm³/mol. The Kier molecular flexibility index (Phi) is 3.00. The van der Waals surface area contributed by atoms with Crippen molar-refractivity contribution in [1.82, 2.24) is 14.8 Å². The summed E-state index contributed by atoms with van der Waals surface area (Å²) in [6.45, 7) is 2.21. The number of rotatable bonds is 2. The number of aliphatic carboxylic acids is 1. The second-order valence-electron chi connectivity index (χ2n) is 5.08. The molecule has 1 atom stereocenters. The first-order chi connectivity index (χ1) is 9.56. The van der Waals surface area contributed by atoms with Crippen molar-refractivity contribution >= 4 is 5.97 Å². The van der Waals surface area contributed by atoms with Gasteiger partial charge in [0.1, 0.15) is 11.6 Å². The van der Waals surface area contributed by atoms with Crippen LogP contribution in [0.1, 0.15) is 17.8 Å². The molecule has 104 valence electrons. The lowest BCUT2D eigenvalue weighted by atomic mass is 9.99. The van der Waals surface area contributed by atoms with Crippen molar-refractivity contribution < 1.29 is 14.3 Å². The standard InChI is InChI=1S/C14H14FN3O2/c1-8-2-4-10(15)6-11(8)13-17-16-12-5-3-9(14(19)20)7-18(12)13/h2,4,6,9H,3,5,7H2,1H3,(H,19,20). The molecular weight excluding hydrogens is 261 g/mol. The van der Waals surface area contributed by atoms with Crippen LogP contribution in [-0.4, -0.2) is 25.8 Å². The third kappa shape index (κ3) is 2.07. The van der Waals surface area contributed by atoms with Gasteiger partial charge in [0.05, 0.1) is 5.92 Å². The highest BCUT2D eigenvalue weighted by Gasteiger charge is 2.28. The summed E-state index contributed by atoms with van der Waals surface area (Å²) in [5.41, 5.74) is 1.55. The molecule has 0 fully saturated rings. The number of nitrogens with zero attached hydrogens (tertiary/aromatic N) is 3. The normalized spacial score (nSPS) is 17.8. The highest BCUT2D eigenvalue weighted by molar-refractivity contribution is 5.70. The second kappa shape index (κ2) is 4.70. The Bertz CT molecular complexity index is 681. The van der Waals surface area contributed by atoms with Crippen molar-refractivity contribution in [1.29, 1.82) is 0 Å². The minimum atomic E-state index is -0.814. The molecule has 5 nitrogen and oxygen atoms in total. The number of carboxylic acids is 1. The smallest absolute Gasteiger partial charge is 0.308 e. The Hall–Kier alpha value is -2.24. The minimum absolute atomic E-state index is 0.336. The average Bonchev–Trinajstić information content (AvgIpc) is 2.84. The Morgan fingerprint density at radius 3 is 3.00 bits per heavy atom. The van der Waals surface area contributed by atoms with Crippen molar-refractivity contribution in [2.24, 2.45) is 5.92 Å². The summed E-state index contributed by atoms with van der Waals surface area (Å²) in [6.07, 6.45) is 1.15. The van der Waals surface area contributed by atoms with Gasteiger partial charge in [-0.1, -0.05) is 6.07 Å². The van der Waals surface area contributed by atoms with E-state index in [4.69, 9.17) is 5.11 Å². The molecule has 2 aromatic rings. The van der Waals surface area contributed by atoms with E-state index in [-0.39, 0.29) is 5.82 Å². The zero-order valence-corrected chi connectivity index (χ0v) is 11.0. The first kappa shape index (κ1) is 12.8. The zero-order chi connectivity index (χ0) is 14.3. The molecule has 0 spiro atoms. The number of hydrogen-bond acceptors (Lipinski definition) is 3. The predicted octanol–water partition coefficient (Wildman–Crippen LogP) is 2.04. The van der Waals surface area contributed by atoms with Crippen LogP contribution in [0.25, 0.3) is 11.4 Å². The van der Waals surface area contributed by atoms with Gasteiger partial charge in [-0.05, 0) is 31.0 Å². The van der Waals surface area contributed by atoms with Gasteiger partial charge < -0.3 is 9.67 Å². The zero-order valence-electron chi connectivity index (χ0n) is 11.0. The minimum Gasteiger partial charge on any atom is -0.481 e. The van der Waals surface area contributed by atoms with E-state index in [9.17, 15) is 9.18 Å². The van der Waals surface area contributed by atoms with Crippen molar-refractivity contribution in [2.45, 2.75) is 26.3 Å². The fourth-order valence-electron chi connectivity index (χ4n) is 2.56. The molecule has 1 N–H and O–H groups in total. The first-order valence-corrected chi connectivity index (χ1v) is 6.47. The quantitative estimate of drug-likeness (QED) is 0.910. The maximum absolute atomic E-state index is 13.4. The van der Waals surface area contributed by atoms with Crippen molar-refractivity contribution in [2.75, 3.05) is 0 Å². The molecule has 20 heavy (non-hydrogen) atoms. The van der Waals surface area contributed by atoms with Crippen LogP contribution in [0.5, 0.6) is 0 Å². The summed E-state index contributed by atoms with van der Waals surface area (Å²) in [5.74, 6) is -0.282. The van der Waals surface area contributed by atoms with Gasteiger partial charge >= 0.3 is 5.97 Å². The van der Waals surface area contributed by atoms with E-state index in [1.165, 1.54) is 12.1 Å². The van der Waals surface area contributed by atoms with Crippen LogP contribution in [0.15, 0.2) is 18.2 Å². The van der Waals surface area contributed by atoms with Crippen molar-refractivity contribution in [3.05, 3.63) is 35.4 Å². The van der Waals surface area contributed by atoms with Gasteiger partial charge in [-0.15, -0.1) is 10.2 Å². The van der Waals surface area contributed by atoms with E-state index in [0.29, 0.717) is 30.8 Å². The Morgan fingerprint density at radius 1 is 1.45 bits per heavy atom. The molecular formula is C14H14FN3O2. The molecule has 0 radical (unpaired) electrons. The molecule has 0 bridgehead atoms. The number of fused-ring (bicyclic) bond motifs is 1. The molecule has 0 saturated heterocycles. The van der Waals surface area contributed by atoms with Crippen molar-refractivity contribution in [3.8, 4) is 11.4 Å². The highest BCUT2D eigenvalue weighted by Crippen LogP contribution is 2.28. The number of carbonyl (C=O) groups is 1. The Morgan fingerprint density at radius 2 is 2.25 bits per heavy atom. The van der Waals surface area contributed by atoms with Crippen LogP contribution in [0, 0.1) is 18.7 Å². The van der Waals surface area contributed by atoms with Crippen LogP contribution in [0.2, 0.25) is 0 Å². The molecule has 6 heteroatoms. The Labute approximate surface area is 115 Å². The van der Waals surface area contributed by atoms with Crippen molar-refractivity contribution in [3.63, 3.8) is 0 Å². The SMILES string of the molecule is Cc1ccc(F)cc1-c1nnc2n1CC(C(=O)O)CC2. The summed E-state index contributed by atoms with van der Waals surface area (Å²) < 4.78 is 15.2. The maximum Gasteiger partial charge on any atom is 0.308 e. The Balaban J connectivity index is 2.07. The molecule has 1 aliphatic rings. The van der Waals surface area contributed by atoms with Gasteiger partial charge in [0.2, 0.25) is 0 Å². The van der Waals surface area contributed by atoms with Gasteiger partial charge in [0.25, 0.3) is 0 Å². The summed E-state index contributed by atoms with van der Waals surface area (Å²) in [5, 5.41) is 17.4. The molecule has 2 heterocycles. The van der Waals surface area contributed by atoms with E-state index in [1.807, 2.05) is 6.92 Å². The van der Waals surface area contributed by atoms with Crippen LogP contribution in [-0.2, 0) is 17.8 Å². The summed E-state index contributed by atoms with van der Waals surface area (Å²) in [6, 6.07) is 4.49. The third-order valence-electron chi connectivity index (χ3n) is 3.74. The summed E-state index contributed by atoms with van der Waals surface area (Å²) in [7, 11) is 0. The van der Waals surface area contributed by atoms with Crippen LogP contribution < -0.4 is 0 Å². The number of carboxylic acid groups (broad SMARTS) is 1.